The third kappa shape index (κ3) is 2.78. The van der Waals surface area contributed by atoms with E-state index in [9.17, 15) is 13.2 Å². The standard InChI is InChI=1S/C12H12N2O3S/c15-8-13-9-18(16,17)14-12-7-3-5-10-4-1-2-6-11(10)12/h1-8,14H,9H2,(H,13,15). The fraction of sp³-hybridized carbons (Fsp3) is 0.0833. The summed E-state index contributed by atoms with van der Waals surface area (Å²) in [5.74, 6) is -0.445. The van der Waals surface area contributed by atoms with Gasteiger partial charge in [0.25, 0.3) is 10.0 Å². The zero-order chi connectivity index (χ0) is 13.0. The smallest absolute Gasteiger partial charge is 0.250 e. The molecule has 2 aromatic carbocycles. The van der Waals surface area contributed by atoms with Gasteiger partial charge < -0.3 is 5.32 Å². The van der Waals surface area contributed by atoms with Gasteiger partial charge in [-0.1, -0.05) is 36.4 Å². The number of hydrogen-bond acceptors (Lipinski definition) is 3. The number of anilines is 1. The predicted molar refractivity (Wildman–Crippen MR) is 70.6 cm³/mol. The van der Waals surface area contributed by atoms with Crippen LogP contribution in [-0.2, 0) is 14.8 Å². The quantitative estimate of drug-likeness (QED) is 0.799. The molecule has 0 fully saturated rings. The number of sulfonamides is 1. The SMILES string of the molecule is O=CNCS(=O)(=O)Nc1cccc2ccccc12. The van der Waals surface area contributed by atoms with E-state index in [-0.39, 0.29) is 0 Å². The first kappa shape index (κ1) is 12.4. The monoisotopic (exact) mass is 264 g/mol. The van der Waals surface area contributed by atoms with Gasteiger partial charge in [0.15, 0.2) is 0 Å². The summed E-state index contributed by atoms with van der Waals surface area (Å²) in [5, 5.41) is 3.89. The highest BCUT2D eigenvalue weighted by Crippen LogP contribution is 2.23. The molecule has 5 nitrogen and oxygen atoms in total. The Morgan fingerprint density at radius 1 is 1.06 bits per heavy atom. The molecule has 0 bridgehead atoms. The number of rotatable bonds is 5. The highest BCUT2D eigenvalue weighted by Gasteiger charge is 2.11. The summed E-state index contributed by atoms with van der Waals surface area (Å²) in [6, 6.07) is 12.8. The summed E-state index contributed by atoms with van der Waals surface area (Å²) in [7, 11) is -3.58. The average molecular weight is 264 g/mol. The van der Waals surface area contributed by atoms with E-state index in [4.69, 9.17) is 0 Å². The molecule has 0 aromatic heterocycles. The summed E-state index contributed by atoms with van der Waals surface area (Å²) >= 11 is 0. The Labute approximate surface area is 105 Å². The maximum Gasteiger partial charge on any atom is 0.250 e. The number of hydrogen-bond donors (Lipinski definition) is 2. The van der Waals surface area contributed by atoms with E-state index in [1.807, 2.05) is 30.3 Å². The van der Waals surface area contributed by atoms with Gasteiger partial charge in [0.1, 0.15) is 5.88 Å². The second kappa shape index (κ2) is 5.05. The van der Waals surface area contributed by atoms with Crippen LogP contribution in [0.15, 0.2) is 42.5 Å². The van der Waals surface area contributed by atoms with E-state index in [1.165, 1.54) is 0 Å². The van der Waals surface area contributed by atoms with E-state index >= 15 is 0 Å². The molecule has 2 N–H and O–H groups in total. The number of carbonyl (C=O) groups is 1. The average Bonchev–Trinajstić information content (AvgIpc) is 2.37. The number of carbonyl (C=O) groups excluding carboxylic acids is 1. The minimum Gasteiger partial charge on any atom is -0.343 e. The van der Waals surface area contributed by atoms with Crippen molar-refractivity contribution < 1.29 is 13.2 Å². The van der Waals surface area contributed by atoms with Crippen LogP contribution < -0.4 is 10.0 Å². The first-order chi connectivity index (χ1) is 8.62. The molecule has 0 unspecified atom stereocenters. The molecule has 1 amide bonds. The molecule has 0 saturated carbocycles. The first-order valence-corrected chi connectivity index (χ1v) is 6.93. The van der Waals surface area contributed by atoms with Crippen LogP contribution in [0.3, 0.4) is 0 Å². The minimum atomic E-state index is -3.58. The Hall–Kier alpha value is -2.08. The van der Waals surface area contributed by atoms with E-state index < -0.39 is 15.9 Å². The molecule has 0 aliphatic carbocycles. The number of nitrogens with one attached hydrogen (secondary N) is 2. The fourth-order valence-corrected chi connectivity index (χ4v) is 2.53. The molecular formula is C12H12N2O3S. The van der Waals surface area contributed by atoms with Crippen molar-refractivity contribution in [3.05, 3.63) is 42.5 Å². The van der Waals surface area contributed by atoms with Gasteiger partial charge in [0.2, 0.25) is 6.41 Å². The Morgan fingerprint density at radius 3 is 2.56 bits per heavy atom. The first-order valence-electron chi connectivity index (χ1n) is 5.28. The van der Waals surface area contributed by atoms with Crippen LogP contribution in [0.4, 0.5) is 5.69 Å². The van der Waals surface area contributed by atoms with Crippen molar-refractivity contribution in [3.63, 3.8) is 0 Å². The lowest BCUT2D eigenvalue weighted by molar-refractivity contribution is -0.109. The van der Waals surface area contributed by atoms with E-state index in [0.29, 0.717) is 12.1 Å². The van der Waals surface area contributed by atoms with Crippen LogP contribution in [0.25, 0.3) is 10.8 Å². The van der Waals surface area contributed by atoms with Crippen molar-refractivity contribution in [1.29, 1.82) is 0 Å². The minimum absolute atomic E-state index is 0.350. The van der Waals surface area contributed by atoms with Gasteiger partial charge in [0, 0.05) is 5.39 Å². The normalized spacial score (nSPS) is 11.1. The van der Waals surface area contributed by atoms with Crippen LogP contribution in [0.5, 0.6) is 0 Å². The molecule has 0 radical (unpaired) electrons. The van der Waals surface area contributed by atoms with Crippen molar-refractivity contribution in [2.75, 3.05) is 10.6 Å². The molecule has 94 valence electrons. The molecule has 2 rings (SSSR count). The van der Waals surface area contributed by atoms with E-state index in [1.54, 1.807) is 12.1 Å². The third-order valence-corrected chi connectivity index (χ3v) is 3.49. The summed E-state index contributed by atoms with van der Waals surface area (Å²) < 4.78 is 25.8. The van der Waals surface area contributed by atoms with Crippen LogP contribution in [0.1, 0.15) is 0 Å². The molecule has 0 aliphatic rings. The lowest BCUT2D eigenvalue weighted by Crippen LogP contribution is -2.27. The Bertz CT molecular complexity index is 663. The zero-order valence-corrected chi connectivity index (χ0v) is 10.3. The maximum atomic E-state index is 11.7. The molecule has 0 aliphatic heterocycles. The van der Waals surface area contributed by atoms with Crippen molar-refractivity contribution in [2.24, 2.45) is 0 Å². The zero-order valence-electron chi connectivity index (χ0n) is 9.46. The van der Waals surface area contributed by atoms with Gasteiger partial charge >= 0.3 is 0 Å². The maximum absolute atomic E-state index is 11.7. The fourth-order valence-electron chi connectivity index (χ4n) is 1.66. The molecular weight excluding hydrogens is 252 g/mol. The van der Waals surface area contributed by atoms with Gasteiger partial charge in [0.05, 0.1) is 5.69 Å². The lowest BCUT2D eigenvalue weighted by Gasteiger charge is -2.10. The van der Waals surface area contributed by atoms with Crippen LogP contribution in [-0.4, -0.2) is 20.7 Å². The molecule has 2 aromatic rings. The summed E-state index contributed by atoms with van der Waals surface area (Å²) in [6.45, 7) is 0. The molecule has 0 saturated heterocycles. The van der Waals surface area contributed by atoms with Gasteiger partial charge in [-0.2, -0.15) is 0 Å². The second-order valence-electron chi connectivity index (χ2n) is 3.71. The predicted octanol–water partition coefficient (Wildman–Crippen LogP) is 1.28. The van der Waals surface area contributed by atoms with Gasteiger partial charge in [-0.3, -0.25) is 9.52 Å². The highest BCUT2D eigenvalue weighted by molar-refractivity contribution is 7.92. The van der Waals surface area contributed by atoms with Crippen LogP contribution in [0.2, 0.25) is 0 Å². The van der Waals surface area contributed by atoms with Crippen LogP contribution in [0, 0.1) is 0 Å². The van der Waals surface area contributed by atoms with Gasteiger partial charge in [-0.25, -0.2) is 8.42 Å². The summed E-state index contributed by atoms with van der Waals surface area (Å²) in [6.07, 6.45) is 0.350. The number of amides is 1. The number of benzene rings is 2. The lowest BCUT2D eigenvalue weighted by atomic mass is 10.1. The Morgan fingerprint density at radius 2 is 1.78 bits per heavy atom. The van der Waals surface area contributed by atoms with Crippen LogP contribution >= 0.6 is 0 Å². The van der Waals surface area contributed by atoms with E-state index in [2.05, 4.69) is 10.0 Å². The van der Waals surface area contributed by atoms with Gasteiger partial charge in [-0.05, 0) is 11.5 Å². The van der Waals surface area contributed by atoms with Crippen molar-refractivity contribution in [1.82, 2.24) is 5.32 Å². The Kier molecular flexibility index (Phi) is 3.47. The van der Waals surface area contributed by atoms with Crippen molar-refractivity contribution in [2.45, 2.75) is 0 Å². The van der Waals surface area contributed by atoms with Gasteiger partial charge in [-0.15, -0.1) is 0 Å². The molecule has 0 spiro atoms. The molecule has 0 heterocycles. The third-order valence-electron chi connectivity index (χ3n) is 2.41. The topological polar surface area (TPSA) is 75.3 Å². The second-order valence-corrected chi connectivity index (χ2v) is 5.43. The largest absolute Gasteiger partial charge is 0.343 e. The van der Waals surface area contributed by atoms with E-state index in [0.717, 1.165) is 10.8 Å². The number of fused-ring (bicyclic) bond motifs is 1. The highest BCUT2D eigenvalue weighted by atomic mass is 32.2. The Balaban J connectivity index is 2.35. The van der Waals surface area contributed by atoms with Crippen molar-refractivity contribution in [3.8, 4) is 0 Å². The molecule has 18 heavy (non-hydrogen) atoms. The molecule has 0 atom stereocenters. The summed E-state index contributed by atoms with van der Waals surface area (Å²) in [5.41, 5.74) is 0.501. The summed E-state index contributed by atoms with van der Waals surface area (Å²) in [4.78, 5) is 10.1. The molecule has 6 heteroatoms. The van der Waals surface area contributed by atoms with Crippen molar-refractivity contribution >= 4 is 32.9 Å².